The van der Waals surface area contributed by atoms with Crippen LogP contribution in [-0.2, 0) is 0 Å². The molecule has 0 saturated carbocycles. The van der Waals surface area contributed by atoms with Gasteiger partial charge >= 0.3 is 0 Å². The molecule has 0 saturated heterocycles. The predicted octanol–water partition coefficient (Wildman–Crippen LogP) is 1.68. The van der Waals surface area contributed by atoms with Crippen LogP contribution in [0.3, 0.4) is 0 Å². The molecule has 9 heavy (non-hydrogen) atoms. The summed E-state index contributed by atoms with van der Waals surface area (Å²) < 4.78 is 4.64. The molecule has 48 valence electrons. The van der Waals surface area contributed by atoms with Crippen LogP contribution in [0.5, 0.6) is 0 Å². The van der Waals surface area contributed by atoms with Crippen LogP contribution >= 0.6 is 0 Å². The Morgan fingerprint density at radius 1 is 1.67 bits per heavy atom. The van der Waals surface area contributed by atoms with Crippen LogP contribution in [-0.4, -0.2) is 4.98 Å². The Morgan fingerprint density at radius 3 is 2.56 bits per heavy atom. The summed E-state index contributed by atoms with van der Waals surface area (Å²) in [5.74, 6) is 2.56. The lowest BCUT2D eigenvalue weighted by Gasteiger charge is -1.67. The molecular formula is C7H9NO. The first-order chi connectivity index (χ1) is 4.43. The highest BCUT2D eigenvalue weighted by Gasteiger charge is 1.82. The van der Waals surface area contributed by atoms with Gasteiger partial charge in [-0.2, -0.15) is 0 Å². The minimum absolute atomic E-state index is 0.333. The van der Waals surface area contributed by atoms with E-state index in [0.717, 1.165) is 0 Å². The number of rotatable bonds is 0. The second kappa shape index (κ2) is 4.92. The average molecular weight is 123 g/mol. The van der Waals surface area contributed by atoms with E-state index >= 15 is 0 Å². The highest BCUT2D eigenvalue weighted by molar-refractivity contribution is 5.10. The molecule has 1 aromatic rings. The van der Waals surface area contributed by atoms with Crippen LogP contribution in [0.2, 0.25) is 0 Å². The normalized spacial score (nSPS) is 6.78. The zero-order valence-electron chi connectivity index (χ0n) is 5.59. The largest absolute Gasteiger partial charge is 0.439 e. The fourth-order valence-electron chi connectivity index (χ4n) is 0.295. The Kier molecular flexibility index (Phi) is 4.25. The van der Waals surface area contributed by atoms with Crippen molar-refractivity contribution in [2.24, 2.45) is 0 Å². The van der Waals surface area contributed by atoms with E-state index in [0.29, 0.717) is 5.89 Å². The van der Waals surface area contributed by atoms with Crippen LogP contribution in [0.25, 0.3) is 0 Å². The summed E-state index contributed by atoms with van der Waals surface area (Å²) in [7, 11) is 0. The highest BCUT2D eigenvalue weighted by Crippen LogP contribution is 1.87. The molecule has 0 aliphatic rings. The number of hydrogen-bond donors (Lipinski definition) is 0. The van der Waals surface area contributed by atoms with Gasteiger partial charge in [-0.15, -0.1) is 6.42 Å². The molecule has 0 aromatic carbocycles. The van der Waals surface area contributed by atoms with Crippen molar-refractivity contribution in [3.8, 4) is 12.3 Å². The molecule has 1 aromatic heterocycles. The first-order valence-corrected chi connectivity index (χ1v) is 2.79. The third-order valence-corrected chi connectivity index (χ3v) is 0.556. The summed E-state index contributed by atoms with van der Waals surface area (Å²) in [6, 6.07) is 0. The average Bonchev–Trinajstić information content (AvgIpc) is 2.43. The first kappa shape index (κ1) is 7.77. The van der Waals surface area contributed by atoms with E-state index in [1.807, 2.05) is 13.8 Å². The van der Waals surface area contributed by atoms with Crippen LogP contribution in [0, 0.1) is 12.3 Å². The summed E-state index contributed by atoms with van der Waals surface area (Å²) in [6.07, 6.45) is 7.84. The number of oxazole rings is 1. The maximum absolute atomic E-state index is 4.89. The van der Waals surface area contributed by atoms with E-state index in [9.17, 15) is 0 Å². The van der Waals surface area contributed by atoms with E-state index < -0.39 is 0 Å². The molecule has 0 N–H and O–H groups in total. The van der Waals surface area contributed by atoms with Gasteiger partial charge in [0.15, 0.2) is 0 Å². The molecule has 0 aliphatic heterocycles. The van der Waals surface area contributed by atoms with E-state index in [-0.39, 0.29) is 0 Å². The van der Waals surface area contributed by atoms with Crippen molar-refractivity contribution in [1.82, 2.24) is 4.98 Å². The van der Waals surface area contributed by atoms with Crippen LogP contribution in [0.15, 0.2) is 16.9 Å². The standard InChI is InChI=1S/C5H3NO.C2H6/c1-2-5-6-3-4-7-5;1-2/h1,3-4H;1-2H3. The van der Waals surface area contributed by atoms with Crippen molar-refractivity contribution in [1.29, 1.82) is 0 Å². The molecule has 0 unspecified atom stereocenters. The molecule has 2 nitrogen and oxygen atoms in total. The van der Waals surface area contributed by atoms with Crippen molar-refractivity contribution < 1.29 is 4.42 Å². The van der Waals surface area contributed by atoms with E-state index in [4.69, 9.17) is 6.42 Å². The minimum Gasteiger partial charge on any atom is -0.439 e. The molecule has 0 radical (unpaired) electrons. The SMILES string of the molecule is C#Cc1ncco1.CC. The van der Waals surface area contributed by atoms with Gasteiger partial charge < -0.3 is 4.42 Å². The van der Waals surface area contributed by atoms with E-state index in [2.05, 4.69) is 15.3 Å². The van der Waals surface area contributed by atoms with E-state index in [1.54, 1.807) is 0 Å². The van der Waals surface area contributed by atoms with Crippen molar-refractivity contribution in [2.45, 2.75) is 13.8 Å². The van der Waals surface area contributed by atoms with Gasteiger partial charge in [0.25, 0.3) is 5.89 Å². The number of nitrogens with zero attached hydrogens (tertiary/aromatic N) is 1. The summed E-state index contributed by atoms with van der Waals surface area (Å²) in [6.45, 7) is 4.00. The zero-order valence-corrected chi connectivity index (χ0v) is 5.59. The van der Waals surface area contributed by atoms with Crippen molar-refractivity contribution in [2.75, 3.05) is 0 Å². The van der Waals surface area contributed by atoms with Gasteiger partial charge in [-0.05, 0) is 5.92 Å². The molecule has 0 bridgehead atoms. The lowest BCUT2D eigenvalue weighted by atomic mass is 10.7. The van der Waals surface area contributed by atoms with Crippen molar-refractivity contribution in [3.05, 3.63) is 18.4 Å². The molecule has 0 fully saturated rings. The van der Waals surface area contributed by atoms with Gasteiger partial charge in [0.2, 0.25) is 0 Å². The second-order valence-electron chi connectivity index (χ2n) is 0.982. The Labute approximate surface area is 54.9 Å². The molecule has 0 aliphatic carbocycles. The Balaban J connectivity index is 0.000000291. The molecule has 1 rings (SSSR count). The first-order valence-electron chi connectivity index (χ1n) is 2.79. The second-order valence-corrected chi connectivity index (χ2v) is 0.982. The van der Waals surface area contributed by atoms with Crippen LogP contribution < -0.4 is 0 Å². The summed E-state index contributed by atoms with van der Waals surface area (Å²) in [5, 5.41) is 0. The molecule has 2 heteroatoms. The van der Waals surface area contributed by atoms with E-state index in [1.165, 1.54) is 12.5 Å². The quantitative estimate of drug-likeness (QED) is 0.490. The number of aromatic nitrogens is 1. The zero-order chi connectivity index (χ0) is 7.11. The molecule has 0 amide bonds. The fraction of sp³-hybridized carbons (Fsp3) is 0.286. The highest BCUT2D eigenvalue weighted by atomic mass is 16.3. The summed E-state index contributed by atoms with van der Waals surface area (Å²) >= 11 is 0. The van der Waals surface area contributed by atoms with Gasteiger partial charge in [-0.3, -0.25) is 0 Å². The Morgan fingerprint density at radius 2 is 2.33 bits per heavy atom. The lowest BCUT2D eigenvalue weighted by Crippen LogP contribution is -1.64. The predicted molar refractivity (Wildman–Crippen MR) is 35.8 cm³/mol. The van der Waals surface area contributed by atoms with Gasteiger partial charge in [-0.1, -0.05) is 13.8 Å². The van der Waals surface area contributed by atoms with Gasteiger partial charge in [-0.25, -0.2) is 4.98 Å². The smallest absolute Gasteiger partial charge is 0.272 e. The van der Waals surface area contributed by atoms with Gasteiger partial charge in [0.1, 0.15) is 6.26 Å². The molecular weight excluding hydrogens is 114 g/mol. The van der Waals surface area contributed by atoms with Crippen molar-refractivity contribution >= 4 is 0 Å². The minimum atomic E-state index is 0.333. The molecule has 0 atom stereocenters. The third-order valence-electron chi connectivity index (χ3n) is 0.556. The topological polar surface area (TPSA) is 26.0 Å². The van der Waals surface area contributed by atoms with Crippen LogP contribution in [0.4, 0.5) is 0 Å². The van der Waals surface area contributed by atoms with Gasteiger partial charge in [0.05, 0.1) is 6.20 Å². The summed E-state index contributed by atoms with van der Waals surface area (Å²) in [4.78, 5) is 3.63. The maximum atomic E-state index is 4.89. The lowest BCUT2D eigenvalue weighted by molar-refractivity contribution is 0.543. The molecule has 1 heterocycles. The Hall–Kier alpha value is -1.23. The summed E-state index contributed by atoms with van der Waals surface area (Å²) in [5.41, 5.74) is 0. The maximum Gasteiger partial charge on any atom is 0.272 e. The van der Waals surface area contributed by atoms with Crippen molar-refractivity contribution in [3.63, 3.8) is 0 Å². The van der Waals surface area contributed by atoms with Crippen LogP contribution in [0.1, 0.15) is 19.7 Å². The molecule has 0 spiro atoms. The third kappa shape index (κ3) is 2.55. The number of hydrogen-bond acceptors (Lipinski definition) is 2. The monoisotopic (exact) mass is 123 g/mol. The number of terminal acetylenes is 1. The van der Waals surface area contributed by atoms with Gasteiger partial charge in [0, 0.05) is 0 Å². The fourth-order valence-corrected chi connectivity index (χ4v) is 0.295. The Bertz CT molecular complexity index is 171.